The zero-order valence-electron chi connectivity index (χ0n) is 11.2. The minimum Gasteiger partial charge on any atom is -0.481 e. The van der Waals surface area contributed by atoms with Crippen molar-refractivity contribution in [2.45, 2.75) is 18.9 Å². The van der Waals surface area contributed by atoms with Crippen LogP contribution in [0.1, 0.15) is 23.2 Å². The number of thiophene rings is 1. The number of carbonyl (C=O) groups is 3. The molecule has 1 aliphatic carbocycles. The fourth-order valence-electron chi connectivity index (χ4n) is 2.05. The number of carbonyl (C=O) groups excluding carboxylic acids is 2. The van der Waals surface area contributed by atoms with Gasteiger partial charge in [-0.05, 0) is 17.9 Å². The Labute approximate surface area is 125 Å². The van der Waals surface area contributed by atoms with Crippen LogP contribution in [0.2, 0.25) is 0 Å². The maximum Gasteiger partial charge on any atom is 0.310 e. The van der Waals surface area contributed by atoms with Crippen molar-refractivity contribution in [2.24, 2.45) is 5.92 Å². The third-order valence-electron chi connectivity index (χ3n) is 3.17. The smallest absolute Gasteiger partial charge is 0.310 e. The minimum atomic E-state index is -0.883. The van der Waals surface area contributed by atoms with Gasteiger partial charge in [-0.1, -0.05) is 12.2 Å². The summed E-state index contributed by atoms with van der Waals surface area (Å²) in [6.07, 6.45) is 3.83. The second-order valence-electron chi connectivity index (χ2n) is 4.76. The molecule has 0 fully saturated rings. The van der Waals surface area contributed by atoms with Crippen LogP contribution in [0.15, 0.2) is 29.0 Å². The molecule has 0 radical (unpaired) electrons. The predicted octanol–water partition coefficient (Wildman–Crippen LogP) is 1.01. The minimum absolute atomic E-state index is 0.165. The third kappa shape index (κ3) is 4.42. The van der Waals surface area contributed by atoms with Gasteiger partial charge in [-0.25, -0.2) is 0 Å². The Bertz CT molecular complexity index is 553. The molecule has 2 atom stereocenters. The molecule has 7 heteroatoms. The van der Waals surface area contributed by atoms with Gasteiger partial charge in [0.15, 0.2) is 0 Å². The molecule has 1 aromatic heterocycles. The van der Waals surface area contributed by atoms with Crippen molar-refractivity contribution < 1.29 is 19.5 Å². The lowest BCUT2D eigenvalue weighted by Gasteiger charge is -2.12. The molecular formula is C14H16N2O4S. The van der Waals surface area contributed by atoms with E-state index >= 15 is 0 Å². The Balaban J connectivity index is 1.66. The number of aliphatic carboxylic acids is 1. The molecule has 2 rings (SSSR count). The molecule has 1 aromatic rings. The molecule has 0 spiro atoms. The fourth-order valence-corrected chi connectivity index (χ4v) is 2.69. The molecule has 2 amide bonds. The maximum absolute atomic E-state index is 11.7. The summed E-state index contributed by atoms with van der Waals surface area (Å²) in [6, 6.07) is 1.47. The van der Waals surface area contributed by atoms with Crippen LogP contribution in [0.3, 0.4) is 0 Å². The molecule has 0 aliphatic heterocycles. The molecule has 0 saturated carbocycles. The molecule has 0 bridgehead atoms. The summed E-state index contributed by atoms with van der Waals surface area (Å²) in [6.45, 7) is 0.249. The van der Waals surface area contributed by atoms with Crippen LogP contribution >= 0.6 is 11.3 Å². The van der Waals surface area contributed by atoms with Crippen LogP contribution in [0, 0.1) is 5.92 Å². The molecule has 1 aliphatic rings. The van der Waals surface area contributed by atoms with Gasteiger partial charge in [0.2, 0.25) is 5.91 Å². The number of carboxylic acid groups (broad SMARTS) is 1. The van der Waals surface area contributed by atoms with Gasteiger partial charge >= 0.3 is 5.97 Å². The van der Waals surface area contributed by atoms with E-state index in [9.17, 15) is 14.4 Å². The summed E-state index contributed by atoms with van der Waals surface area (Å²) in [5.41, 5.74) is 0.587. The van der Waals surface area contributed by atoms with E-state index in [1.165, 1.54) is 11.3 Å². The second kappa shape index (κ2) is 7.03. The summed E-state index contributed by atoms with van der Waals surface area (Å²) in [5.74, 6) is -1.82. The van der Waals surface area contributed by atoms with Crippen molar-refractivity contribution in [3.05, 3.63) is 34.5 Å². The van der Waals surface area contributed by atoms with E-state index in [1.807, 2.05) is 5.38 Å². The average Bonchev–Trinajstić information content (AvgIpc) is 3.09. The van der Waals surface area contributed by atoms with Gasteiger partial charge in [0.1, 0.15) is 0 Å². The van der Waals surface area contributed by atoms with Crippen LogP contribution in [0.5, 0.6) is 0 Å². The first-order valence-electron chi connectivity index (χ1n) is 6.57. The van der Waals surface area contributed by atoms with Crippen molar-refractivity contribution in [1.29, 1.82) is 0 Å². The largest absolute Gasteiger partial charge is 0.481 e. The van der Waals surface area contributed by atoms with Crippen molar-refractivity contribution in [2.75, 3.05) is 6.54 Å². The van der Waals surface area contributed by atoms with E-state index < -0.39 is 11.9 Å². The third-order valence-corrected chi connectivity index (χ3v) is 3.85. The number of carboxylic acids is 1. The topological polar surface area (TPSA) is 95.5 Å². The van der Waals surface area contributed by atoms with Gasteiger partial charge in [0.25, 0.3) is 5.91 Å². The van der Waals surface area contributed by atoms with Crippen molar-refractivity contribution in [3.63, 3.8) is 0 Å². The van der Waals surface area contributed by atoms with E-state index in [-0.39, 0.29) is 30.8 Å². The van der Waals surface area contributed by atoms with Crippen molar-refractivity contribution >= 4 is 29.1 Å². The predicted molar refractivity (Wildman–Crippen MR) is 78.1 cm³/mol. The molecule has 21 heavy (non-hydrogen) atoms. The number of rotatable bonds is 6. The maximum atomic E-state index is 11.7. The van der Waals surface area contributed by atoms with Gasteiger partial charge < -0.3 is 15.7 Å². The normalized spacial score (nSPS) is 20.2. The monoisotopic (exact) mass is 308 g/mol. The van der Waals surface area contributed by atoms with E-state index in [2.05, 4.69) is 10.6 Å². The van der Waals surface area contributed by atoms with E-state index in [4.69, 9.17) is 5.11 Å². The van der Waals surface area contributed by atoms with Crippen LogP contribution < -0.4 is 10.6 Å². The van der Waals surface area contributed by atoms with E-state index in [0.717, 1.165) is 0 Å². The first-order chi connectivity index (χ1) is 10.1. The zero-order valence-corrected chi connectivity index (χ0v) is 12.1. The quantitative estimate of drug-likeness (QED) is 0.684. The Morgan fingerprint density at radius 3 is 2.76 bits per heavy atom. The van der Waals surface area contributed by atoms with Gasteiger partial charge in [-0.2, -0.15) is 11.3 Å². The highest BCUT2D eigenvalue weighted by Crippen LogP contribution is 2.17. The second-order valence-corrected chi connectivity index (χ2v) is 5.54. The fraction of sp³-hybridized carbons (Fsp3) is 0.357. The highest BCUT2D eigenvalue weighted by Gasteiger charge is 2.25. The zero-order chi connectivity index (χ0) is 15.2. The van der Waals surface area contributed by atoms with Crippen LogP contribution in [0.4, 0.5) is 0 Å². The van der Waals surface area contributed by atoms with E-state index in [0.29, 0.717) is 12.0 Å². The molecule has 112 valence electrons. The Kier molecular flexibility index (Phi) is 5.10. The lowest BCUT2D eigenvalue weighted by atomic mass is 10.1. The lowest BCUT2D eigenvalue weighted by molar-refractivity contribution is -0.140. The first kappa shape index (κ1) is 15.2. The average molecular weight is 308 g/mol. The van der Waals surface area contributed by atoms with Crippen LogP contribution in [-0.4, -0.2) is 35.5 Å². The molecule has 6 nitrogen and oxygen atoms in total. The Morgan fingerprint density at radius 1 is 1.33 bits per heavy atom. The molecule has 3 N–H and O–H groups in total. The van der Waals surface area contributed by atoms with Gasteiger partial charge in [0.05, 0.1) is 5.92 Å². The van der Waals surface area contributed by atoms with Crippen LogP contribution in [-0.2, 0) is 9.59 Å². The first-order valence-corrected chi connectivity index (χ1v) is 7.51. The number of hydrogen-bond donors (Lipinski definition) is 3. The highest BCUT2D eigenvalue weighted by atomic mass is 32.1. The molecular weight excluding hydrogens is 292 g/mol. The lowest BCUT2D eigenvalue weighted by Crippen LogP contribution is -2.36. The standard InChI is InChI=1S/C14H16N2O4S/c17-12(16-11-2-1-9(7-11)14(19)20)3-5-15-13(18)10-4-6-21-8-10/h1-2,4,6,8-9,11H,3,5,7H2,(H,15,18)(H,16,17)(H,19,20). The van der Waals surface area contributed by atoms with Crippen molar-refractivity contribution in [1.82, 2.24) is 10.6 Å². The Hall–Kier alpha value is -2.15. The summed E-state index contributed by atoms with van der Waals surface area (Å²) in [5, 5.41) is 17.8. The number of amides is 2. The number of hydrogen-bond acceptors (Lipinski definition) is 4. The van der Waals surface area contributed by atoms with Crippen LogP contribution in [0.25, 0.3) is 0 Å². The molecule has 0 saturated heterocycles. The van der Waals surface area contributed by atoms with Gasteiger partial charge in [-0.15, -0.1) is 0 Å². The SMILES string of the molecule is O=C(CCNC(=O)c1ccsc1)NC1C=CC(C(=O)O)C1. The number of nitrogens with one attached hydrogen (secondary N) is 2. The van der Waals surface area contributed by atoms with Crippen molar-refractivity contribution in [3.8, 4) is 0 Å². The summed E-state index contributed by atoms with van der Waals surface area (Å²) in [4.78, 5) is 34.1. The van der Waals surface area contributed by atoms with Gasteiger partial charge in [0, 0.05) is 30.0 Å². The summed E-state index contributed by atoms with van der Waals surface area (Å²) in [7, 11) is 0. The molecule has 2 unspecified atom stereocenters. The van der Waals surface area contributed by atoms with Gasteiger partial charge in [-0.3, -0.25) is 14.4 Å². The molecule has 0 aromatic carbocycles. The summed E-state index contributed by atoms with van der Waals surface area (Å²) >= 11 is 1.44. The molecule has 1 heterocycles. The van der Waals surface area contributed by atoms with E-state index in [1.54, 1.807) is 23.6 Å². The highest BCUT2D eigenvalue weighted by molar-refractivity contribution is 7.08. The summed E-state index contributed by atoms with van der Waals surface area (Å²) < 4.78 is 0. The Morgan fingerprint density at radius 2 is 2.14 bits per heavy atom.